The lowest BCUT2D eigenvalue weighted by Gasteiger charge is -2.38. The zero-order valence-electron chi connectivity index (χ0n) is 16.8. The summed E-state index contributed by atoms with van der Waals surface area (Å²) in [5.74, 6) is 0. The number of benzene rings is 2. The van der Waals surface area contributed by atoms with Crippen molar-refractivity contribution in [2.24, 2.45) is 0 Å². The molecule has 1 atom stereocenters. The van der Waals surface area contributed by atoms with Crippen LogP contribution in [0.3, 0.4) is 0 Å². The molecule has 1 fully saturated rings. The predicted octanol–water partition coefficient (Wildman–Crippen LogP) is 2.89. The Kier molecular flexibility index (Phi) is 6.98. The Balaban J connectivity index is 1.91. The monoisotopic (exact) mass is 538 g/mol. The lowest BCUT2D eigenvalue weighted by atomic mass is 10.3. The lowest BCUT2D eigenvalue weighted by molar-refractivity contribution is -0.385. The molecule has 1 unspecified atom stereocenters. The third kappa shape index (κ3) is 4.81. The van der Waals surface area contributed by atoms with Gasteiger partial charge in [0, 0.05) is 49.9 Å². The van der Waals surface area contributed by atoms with E-state index in [2.05, 4.69) is 0 Å². The fraction of sp³-hybridized carbons (Fsp3) is 0.294. The summed E-state index contributed by atoms with van der Waals surface area (Å²) in [6.07, 6.45) is 0. The molecule has 2 aromatic rings. The first-order valence-electron chi connectivity index (χ1n) is 9.16. The van der Waals surface area contributed by atoms with E-state index in [-0.39, 0.29) is 29.7 Å². The van der Waals surface area contributed by atoms with E-state index in [0.717, 1.165) is 45.0 Å². The van der Waals surface area contributed by atoms with E-state index in [1.54, 1.807) is 0 Å². The van der Waals surface area contributed by atoms with Gasteiger partial charge in [-0.2, -0.15) is 8.61 Å². The van der Waals surface area contributed by atoms with E-state index in [0.29, 0.717) is 0 Å². The number of nitrogens with zero attached hydrogens (tertiary/aromatic N) is 4. The molecule has 3 rings (SSSR count). The van der Waals surface area contributed by atoms with Gasteiger partial charge in [-0.05, 0) is 19.1 Å². The zero-order valence-corrected chi connectivity index (χ0v) is 19.9. The molecule has 33 heavy (non-hydrogen) atoms. The second-order valence-electron chi connectivity index (χ2n) is 7.07. The number of nitro groups is 2. The van der Waals surface area contributed by atoms with Gasteiger partial charge in [-0.25, -0.2) is 16.8 Å². The van der Waals surface area contributed by atoms with Crippen LogP contribution in [0.15, 0.2) is 46.2 Å². The molecule has 1 heterocycles. The van der Waals surface area contributed by atoms with Crippen LogP contribution in [0.25, 0.3) is 0 Å². The number of nitro benzene ring substituents is 2. The average molecular weight is 539 g/mol. The van der Waals surface area contributed by atoms with Crippen molar-refractivity contribution in [3.8, 4) is 0 Å². The minimum absolute atomic E-state index is 0.216. The highest BCUT2D eigenvalue weighted by Crippen LogP contribution is 2.33. The first kappa shape index (κ1) is 25.3. The summed E-state index contributed by atoms with van der Waals surface area (Å²) in [5.41, 5.74) is -0.931. The molecule has 0 aliphatic carbocycles. The summed E-state index contributed by atoms with van der Waals surface area (Å²) in [7, 11) is -8.58. The number of non-ortho nitro benzene ring substituents is 2. The van der Waals surface area contributed by atoms with Crippen molar-refractivity contribution in [1.29, 1.82) is 0 Å². The fourth-order valence-corrected chi connectivity index (χ4v) is 7.47. The van der Waals surface area contributed by atoms with Crippen LogP contribution in [0, 0.1) is 20.2 Å². The fourth-order valence-electron chi connectivity index (χ4n) is 3.35. The van der Waals surface area contributed by atoms with Gasteiger partial charge in [0.05, 0.1) is 19.9 Å². The first-order valence-corrected chi connectivity index (χ1v) is 12.8. The maximum Gasteiger partial charge on any atom is 0.270 e. The summed E-state index contributed by atoms with van der Waals surface area (Å²) >= 11 is 12.0. The van der Waals surface area contributed by atoms with E-state index in [4.69, 9.17) is 23.2 Å². The van der Waals surface area contributed by atoms with Crippen molar-refractivity contribution >= 4 is 54.6 Å². The molecule has 1 aliphatic rings. The molecular weight excluding hydrogens is 523 g/mol. The van der Waals surface area contributed by atoms with Crippen LogP contribution in [0.2, 0.25) is 10.0 Å². The molecule has 0 spiro atoms. The van der Waals surface area contributed by atoms with E-state index in [9.17, 15) is 37.1 Å². The molecule has 0 amide bonds. The maximum atomic E-state index is 13.1. The predicted molar refractivity (Wildman–Crippen MR) is 118 cm³/mol. The highest BCUT2D eigenvalue weighted by atomic mass is 35.5. The van der Waals surface area contributed by atoms with Crippen molar-refractivity contribution in [2.45, 2.75) is 22.8 Å². The van der Waals surface area contributed by atoms with Gasteiger partial charge in [0.25, 0.3) is 11.4 Å². The largest absolute Gasteiger partial charge is 0.270 e. The van der Waals surface area contributed by atoms with Crippen LogP contribution >= 0.6 is 23.2 Å². The summed E-state index contributed by atoms with van der Waals surface area (Å²) in [5, 5.41) is 21.6. The lowest BCUT2D eigenvalue weighted by Crippen LogP contribution is -2.55. The van der Waals surface area contributed by atoms with Gasteiger partial charge in [0.2, 0.25) is 20.0 Å². The molecule has 0 N–H and O–H groups in total. The standard InChI is InChI=1S/C17H16Cl2N4O8S2/c1-11-10-20(32(28,29)16-8-12(22(24)25)2-4-14(16)18)6-7-21(11)33(30,31)17-9-13(23(26)27)3-5-15(17)19/h2-5,8-9,11H,6-7,10H2,1H3. The Morgan fingerprint density at radius 1 is 0.848 bits per heavy atom. The smallest absolute Gasteiger partial charge is 0.258 e. The van der Waals surface area contributed by atoms with Crippen LogP contribution in [0.5, 0.6) is 0 Å². The van der Waals surface area contributed by atoms with Crippen LogP contribution in [0.4, 0.5) is 11.4 Å². The van der Waals surface area contributed by atoms with Gasteiger partial charge < -0.3 is 0 Å². The summed E-state index contributed by atoms with van der Waals surface area (Å²) in [4.78, 5) is 19.6. The Morgan fingerprint density at radius 3 is 1.73 bits per heavy atom. The number of hydrogen-bond donors (Lipinski definition) is 0. The number of hydrogen-bond acceptors (Lipinski definition) is 8. The summed E-state index contributed by atoms with van der Waals surface area (Å²) < 4.78 is 54.4. The molecule has 16 heteroatoms. The van der Waals surface area contributed by atoms with Gasteiger partial charge in [-0.3, -0.25) is 20.2 Å². The van der Waals surface area contributed by atoms with Crippen molar-refractivity contribution in [3.63, 3.8) is 0 Å². The molecule has 0 bridgehead atoms. The van der Waals surface area contributed by atoms with E-state index >= 15 is 0 Å². The minimum Gasteiger partial charge on any atom is -0.258 e. The second kappa shape index (κ2) is 9.12. The molecule has 2 aromatic carbocycles. The summed E-state index contributed by atoms with van der Waals surface area (Å²) in [6.45, 7) is 0.610. The molecule has 1 aliphatic heterocycles. The quantitative estimate of drug-likeness (QED) is 0.400. The molecule has 1 saturated heterocycles. The van der Waals surface area contributed by atoms with Gasteiger partial charge in [0.15, 0.2) is 0 Å². The van der Waals surface area contributed by atoms with Crippen LogP contribution in [-0.4, -0.2) is 61.0 Å². The van der Waals surface area contributed by atoms with Crippen molar-refractivity contribution < 1.29 is 26.7 Å². The Labute approximate surface area is 198 Å². The normalized spacial score (nSPS) is 18.2. The van der Waals surface area contributed by atoms with Gasteiger partial charge in [-0.15, -0.1) is 0 Å². The number of halogens is 2. The highest BCUT2D eigenvalue weighted by molar-refractivity contribution is 7.89. The average Bonchev–Trinajstić information content (AvgIpc) is 2.73. The Morgan fingerprint density at radius 2 is 1.30 bits per heavy atom. The molecule has 0 saturated carbocycles. The topological polar surface area (TPSA) is 161 Å². The van der Waals surface area contributed by atoms with Crippen molar-refractivity contribution in [1.82, 2.24) is 8.61 Å². The SMILES string of the molecule is CC1CN(S(=O)(=O)c2cc([N+](=O)[O-])ccc2Cl)CCN1S(=O)(=O)c1cc([N+](=O)[O-])ccc1Cl. The third-order valence-electron chi connectivity index (χ3n) is 4.98. The summed E-state index contributed by atoms with van der Waals surface area (Å²) in [6, 6.07) is 5.13. The molecule has 12 nitrogen and oxygen atoms in total. The van der Waals surface area contributed by atoms with Crippen LogP contribution in [0.1, 0.15) is 6.92 Å². The van der Waals surface area contributed by atoms with Crippen molar-refractivity contribution in [2.75, 3.05) is 19.6 Å². The molecule has 178 valence electrons. The van der Waals surface area contributed by atoms with E-state index in [1.807, 2.05) is 0 Å². The number of piperazine rings is 1. The minimum atomic E-state index is -4.30. The molecule has 0 radical (unpaired) electrons. The molecular formula is C17H16Cl2N4O8S2. The van der Waals surface area contributed by atoms with Crippen LogP contribution in [-0.2, 0) is 20.0 Å². The number of sulfonamides is 2. The third-order valence-corrected chi connectivity index (χ3v) is 9.83. The van der Waals surface area contributed by atoms with Gasteiger partial charge in [-0.1, -0.05) is 23.2 Å². The van der Waals surface area contributed by atoms with Gasteiger partial charge in [0.1, 0.15) is 9.79 Å². The van der Waals surface area contributed by atoms with Crippen LogP contribution < -0.4 is 0 Å². The Hall–Kier alpha value is -2.36. The van der Waals surface area contributed by atoms with Crippen molar-refractivity contribution in [3.05, 3.63) is 66.7 Å². The first-order chi connectivity index (χ1) is 15.3. The second-order valence-corrected chi connectivity index (χ2v) is 11.7. The Bertz CT molecular complexity index is 1350. The van der Waals surface area contributed by atoms with E-state index < -0.39 is 57.1 Å². The van der Waals surface area contributed by atoms with E-state index in [1.165, 1.54) is 6.92 Å². The maximum absolute atomic E-state index is 13.1. The number of rotatable bonds is 6. The zero-order chi connectivity index (χ0) is 24.7. The van der Waals surface area contributed by atoms with Gasteiger partial charge >= 0.3 is 0 Å². The highest BCUT2D eigenvalue weighted by Gasteiger charge is 2.40. The molecule has 0 aromatic heterocycles.